The lowest BCUT2D eigenvalue weighted by Gasteiger charge is -2.31. The highest BCUT2D eigenvalue weighted by Gasteiger charge is 2.40. The molecular formula is C41H60N14O9. The summed E-state index contributed by atoms with van der Waals surface area (Å²) in [6, 6.07) is -2.33. The van der Waals surface area contributed by atoms with Crippen molar-refractivity contribution in [3.05, 3.63) is 66.3 Å². The Morgan fingerprint density at radius 2 is 1.48 bits per heavy atom. The molecule has 0 radical (unpaired) electrons. The molecule has 1 aromatic carbocycles. The third kappa shape index (κ3) is 14.8. The summed E-state index contributed by atoms with van der Waals surface area (Å²) in [4.78, 5) is 110. The molecule has 4 rings (SSSR count). The maximum Gasteiger partial charge on any atom is 0.326 e. The number of benzene rings is 1. The number of imidazole rings is 2. The fourth-order valence-corrected chi connectivity index (χ4v) is 7.07. The normalized spacial score (nSPS) is 16.8. The van der Waals surface area contributed by atoms with Gasteiger partial charge in [0.05, 0.1) is 30.1 Å². The highest BCUT2D eigenvalue weighted by molar-refractivity contribution is 5.97. The number of hydrogen-bond donors (Lipinski definition) is 13. The molecule has 1 fully saturated rings. The molecular weight excluding hydrogens is 833 g/mol. The Hall–Kier alpha value is -7.04. The van der Waals surface area contributed by atoms with Gasteiger partial charge in [0, 0.05) is 44.7 Å². The first-order chi connectivity index (χ1) is 30.5. The molecule has 0 bridgehead atoms. The van der Waals surface area contributed by atoms with E-state index in [4.69, 9.17) is 16.9 Å². The van der Waals surface area contributed by atoms with Gasteiger partial charge in [-0.1, -0.05) is 32.4 Å². The minimum Gasteiger partial charge on any atom is -0.508 e. The van der Waals surface area contributed by atoms with Crippen LogP contribution in [0.3, 0.4) is 0 Å². The summed E-state index contributed by atoms with van der Waals surface area (Å²) in [6.07, 6.45) is 7.30. The van der Waals surface area contributed by atoms with Crippen molar-refractivity contribution in [2.75, 3.05) is 13.1 Å². The third-order valence-corrected chi connectivity index (χ3v) is 10.9. The van der Waals surface area contributed by atoms with Gasteiger partial charge in [-0.3, -0.25) is 34.2 Å². The number of aromatic nitrogens is 4. The Morgan fingerprint density at radius 3 is 2.08 bits per heavy atom. The number of carboxylic acids is 1. The van der Waals surface area contributed by atoms with Crippen LogP contribution in [0.25, 0.3) is 0 Å². The van der Waals surface area contributed by atoms with Crippen LogP contribution in [0.5, 0.6) is 5.75 Å². The molecule has 23 heteroatoms. The Morgan fingerprint density at radius 1 is 0.844 bits per heavy atom. The summed E-state index contributed by atoms with van der Waals surface area (Å²) < 4.78 is 0. The number of aromatic amines is 2. The van der Waals surface area contributed by atoms with Crippen LogP contribution in [0.15, 0.2) is 49.3 Å². The van der Waals surface area contributed by atoms with E-state index in [0.29, 0.717) is 36.2 Å². The van der Waals surface area contributed by atoms with Crippen LogP contribution in [-0.2, 0) is 52.8 Å². The largest absolute Gasteiger partial charge is 0.508 e. The van der Waals surface area contributed by atoms with Gasteiger partial charge in [-0.25, -0.2) is 14.8 Å². The highest BCUT2D eigenvalue weighted by atomic mass is 16.4. The molecule has 0 aliphatic carbocycles. The summed E-state index contributed by atoms with van der Waals surface area (Å²) >= 11 is 0. The number of nitrogens with two attached hydrogens (primary N) is 2. The number of carbonyl (C=O) groups excluding carboxylic acids is 6. The molecule has 3 heterocycles. The molecule has 3 aromatic rings. The zero-order valence-electron chi connectivity index (χ0n) is 36.1. The first-order valence-corrected chi connectivity index (χ1v) is 21.1. The van der Waals surface area contributed by atoms with Gasteiger partial charge in [0.2, 0.25) is 35.4 Å². The first-order valence-electron chi connectivity index (χ1n) is 21.1. The van der Waals surface area contributed by atoms with Gasteiger partial charge in [0.1, 0.15) is 42.0 Å². The van der Waals surface area contributed by atoms with Gasteiger partial charge in [-0.15, -0.1) is 0 Å². The van der Waals surface area contributed by atoms with E-state index in [1.54, 1.807) is 32.2 Å². The highest BCUT2D eigenvalue weighted by Crippen LogP contribution is 2.21. The molecule has 1 aliphatic rings. The number of nitrogens with zero attached hydrogens (tertiary/aromatic N) is 3. The van der Waals surface area contributed by atoms with Gasteiger partial charge in [-0.05, 0) is 56.2 Å². The Balaban J connectivity index is 1.50. The molecule has 2 aromatic heterocycles. The molecule has 0 unspecified atom stereocenters. The van der Waals surface area contributed by atoms with Crippen LogP contribution in [0.4, 0.5) is 0 Å². The number of phenols is 1. The third-order valence-electron chi connectivity index (χ3n) is 10.9. The molecule has 15 N–H and O–H groups in total. The summed E-state index contributed by atoms with van der Waals surface area (Å²) in [5.41, 5.74) is 13.1. The maximum absolute atomic E-state index is 14.2. The molecule has 8 atom stereocenters. The van der Waals surface area contributed by atoms with Gasteiger partial charge in [0.15, 0.2) is 5.96 Å². The van der Waals surface area contributed by atoms with E-state index in [0.717, 1.165) is 0 Å². The van der Waals surface area contributed by atoms with E-state index in [1.807, 2.05) is 0 Å². The second-order valence-corrected chi connectivity index (χ2v) is 15.8. The second kappa shape index (κ2) is 24.0. The number of hydrogen-bond acceptors (Lipinski definition) is 12. The Bertz CT molecular complexity index is 2050. The summed E-state index contributed by atoms with van der Waals surface area (Å²) in [6.45, 7) is 5.27. The lowest BCUT2D eigenvalue weighted by atomic mass is 9.96. The van der Waals surface area contributed by atoms with Gasteiger partial charge in [0.25, 0.3) is 0 Å². The van der Waals surface area contributed by atoms with Crippen LogP contribution in [-0.4, -0.2) is 138 Å². The predicted octanol–water partition coefficient (Wildman–Crippen LogP) is -1.98. The smallest absolute Gasteiger partial charge is 0.326 e. The summed E-state index contributed by atoms with van der Waals surface area (Å²) in [5.74, 6) is -6.20. The number of carboxylic acid groups (broad SMARTS) is 1. The Labute approximate surface area is 369 Å². The summed E-state index contributed by atoms with van der Waals surface area (Å²) in [5, 5.41) is 42.9. The molecule has 0 spiro atoms. The van der Waals surface area contributed by atoms with Crippen LogP contribution in [0, 0.1) is 11.3 Å². The first kappa shape index (κ1) is 49.6. The van der Waals surface area contributed by atoms with E-state index in [-0.39, 0.29) is 56.9 Å². The van der Waals surface area contributed by atoms with Crippen LogP contribution in [0.1, 0.15) is 69.8 Å². The van der Waals surface area contributed by atoms with E-state index >= 15 is 0 Å². The number of guanidine groups is 1. The fraction of sp³-hybridized carbons (Fsp3) is 0.512. The van der Waals surface area contributed by atoms with Gasteiger partial charge in [-0.2, -0.15) is 0 Å². The topological polar surface area (TPSA) is 369 Å². The SMILES string of the molecule is CC[C@H](C)[C@H](NC(=O)[C@H](Cc1ccc(O)cc1)NC(=O)[C@@H]1CCCN1C(=O)[C@H](CCCNC(=N)N)NC(=O)[C@@H](N)Cc1c[nH]cn1)C(=O)N[C@@H](C)C(=O)N[C@@H](Cc1c[nH]cn1)C(=O)O. The van der Waals surface area contributed by atoms with Crippen molar-refractivity contribution in [1.82, 2.24) is 56.7 Å². The number of likely N-dealkylation sites (tertiary alicyclic amines) is 1. The number of phenolic OH excluding ortho intramolecular Hbond substituents is 1. The molecule has 1 saturated heterocycles. The second-order valence-electron chi connectivity index (χ2n) is 15.8. The number of rotatable bonds is 24. The van der Waals surface area contributed by atoms with Crippen LogP contribution >= 0.6 is 0 Å². The average molecular weight is 893 g/mol. The van der Waals surface area contributed by atoms with Gasteiger partial charge < -0.3 is 68.4 Å². The van der Waals surface area contributed by atoms with E-state index in [1.165, 1.54) is 42.8 Å². The zero-order chi connectivity index (χ0) is 46.9. The van der Waals surface area contributed by atoms with Crippen LogP contribution in [0.2, 0.25) is 0 Å². The van der Waals surface area contributed by atoms with Crippen molar-refractivity contribution >= 4 is 47.4 Å². The predicted molar refractivity (Wildman–Crippen MR) is 231 cm³/mol. The standard InChI is InChI=1S/C41H60N14O9/c1-4-22(2)33(38(61)50-23(3)34(57)53-31(40(63)64)17-26-19-46-21-49-26)54-36(59)30(15-24-9-11-27(56)12-10-24)52-37(60)32-8-6-14-55(32)39(62)29(7-5-13-47-41(43)44)51-35(58)28(42)16-25-18-45-20-48-25/h9-12,18-23,28-33,56H,4-8,13-17,42H2,1-3H3,(H,45,48)(H,46,49)(H,50,61)(H,51,58)(H,52,60)(H,53,57)(H,54,59)(H,63,64)(H4,43,44,47)/t22-,23-,28-,29-,30-,31-,32-,33-/m0/s1. The number of aromatic hydroxyl groups is 1. The molecule has 1 aliphatic heterocycles. The molecule has 23 nitrogen and oxygen atoms in total. The zero-order valence-corrected chi connectivity index (χ0v) is 36.1. The molecule has 64 heavy (non-hydrogen) atoms. The van der Waals surface area contributed by atoms with Crippen molar-refractivity contribution < 1.29 is 43.8 Å². The van der Waals surface area contributed by atoms with Crippen LogP contribution < -0.4 is 43.4 Å². The van der Waals surface area contributed by atoms with Crippen molar-refractivity contribution in [3.63, 3.8) is 0 Å². The lowest BCUT2D eigenvalue weighted by molar-refractivity contribution is -0.142. The Kier molecular flexibility index (Phi) is 18.6. The number of nitrogens with one attached hydrogen (secondary N) is 9. The maximum atomic E-state index is 14.2. The summed E-state index contributed by atoms with van der Waals surface area (Å²) in [7, 11) is 0. The van der Waals surface area contributed by atoms with E-state index < -0.39 is 89.6 Å². The fourth-order valence-electron chi connectivity index (χ4n) is 7.07. The van der Waals surface area contributed by atoms with Crippen molar-refractivity contribution in [3.8, 4) is 5.75 Å². The van der Waals surface area contributed by atoms with E-state index in [9.17, 15) is 43.8 Å². The average Bonchev–Trinajstić information content (AvgIpc) is 4.08. The minimum atomic E-state index is -1.34. The molecule has 348 valence electrons. The number of amides is 6. The monoisotopic (exact) mass is 892 g/mol. The number of aliphatic carboxylic acids is 1. The van der Waals surface area contributed by atoms with E-state index in [2.05, 4.69) is 51.8 Å². The minimum absolute atomic E-state index is 0.0304. The molecule has 6 amide bonds. The molecule has 0 saturated carbocycles. The number of H-pyrrole nitrogens is 2. The van der Waals surface area contributed by atoms with Crippen molar-refractivity contribution in [2.24, 2.45) is 17.4 Å². The quantitative estimate of drug-likeness (QED) is 0.0264. The van der Waals surface area contributed by atoms with Crippen molar-refractivity contribution in [2.45, 2.75) is 114 Å². The number of carbonyl (C=O) groups is 7. The van der Waals surface area contributed by atoms with Gasteiger partial charge >= 0.3 is 5.97 Å². The lowest BCUT2D eigenvalue weighted by Crippen LogP contribution is -2.60. The van der Waals surface area contributed by atoms with Crippen molar-refractivity contribution in [1.29, 1.82) is 5.41 Å².